The summed E-state index contributed by atoms with van der Waals surface area (Å²) in [6, 6.07) is 5.68. The second-order valence-corrected chi connectivity index (χ2v) is 4.22. The number of aryl methyl sites for hydroxylation is 1. The third-order valence-corrected chi connectivity index (χ3v) is 2.99. The Morgan fingerprint density at radius 3 is 3.00 bits per heavy atom. The van der Waals surface area contributed by atoms with E-state index in [2.05, 4.69) is 15.2 Å². The maximum atomic E-state index is 6.00. The van der Waals surface area contributed by atoms with Crippen LogP contribution in [0.1, 0.15) is 5.89 Å². The molecule has 2 aromatic heterocycles. The Kier molecular flexibility index (Phi) is 2.53. The molecule has 0 aliphatic rings. The van der Waals surface area contributed by atoms with Crippen LogP contribution in [0.3, 0.4) is 0 Å². The third-order valence-electron chi connectivity index (χ3n) is 2.71. The molecule has 0 amide bonds. The zero-order valence-electron chi connectivity index (χ0n) is 9.59. The first kappa shape index (κ1) is 11.2. The number of aromatic nitrogens is 4. The van der Waals surface area contributed by atoms with Crippen LogP contribution in [0.4, 0.5) is 0 Å². The van der Waals surface area contributed by atoms with Crippen molar-refractivity contribution >= 4 is 22.5 Å². The maximum Gasteiger partial charge on any atom is 0.240 e. The molecular weight excluding hydrogens is 254 g/mol. The lowest BCUT2D eigenvalue weighted by Crippen LogP contribution is -1.95. The van der Waals surface area contributed by atoms with E-state index in [1.807, 2.05) is 25.2 Å². The third kappa shape index (κ3) is 1.66. The Hall–Kier alpha value is -1.92. The molecule has 0 fully saturated rings. The molecule has 0 saturated heterocycles. The van der Waals surface area contributed by atoms with Gasteiger partial charge in [0.15, 0.2) is 5.15 Å². The summed E-state index contributed by atoms with van der Waals surface area (Å²) in [4.78, 5) is 4.18. The molecule has 0 radical (unpaired) electrons. The summed E-state index contributed by atoms with van der Waals surface area (Å²) in [7, 11) is 1.83. The molecule has 0 aliphatic carbocycles. The highest BCUT2D eigenvalue weighted by Crippen LogP contribution is 2.26. The Morgan fingerprint density at radius 2 is 2.28 bits per heavy atom. The summed E-state index contributed by atoms with van der Waals surface area (Å²) in [5, 5.41) is 9.39. The van der Waals surface area contributed by atoms with Crippen molar-refractivity contribution in [1.82, 2.24) is 19.9 Å². The SMILES string of the molecule is Cn1nc(Cl)c2ccc(-c3noc(CN)n3)cc21. The topological polar surface area (TPSA) is 82.8 Å². The smallest absolute Gasteiger partial charge is 0.240 e. The van der Waals surface area contributed by atoms with Crippen molar-refractivity contribution < 1.29 is 4.52 Å². The van der Waals surface area contributed by atoms with Crippen molar-refractivity contribution in [2.45, 2.75) is 6.54 Å². The predicted octanol–water partition coefficient (Wildman–Crippen LogP) is 1.74. The molecule has 0 aliphatic heterocycles. The second-order valence-electron chi connectivity index (χ2n) is 3.86. The lowest BCUT2D eigenvalue weighted by atomic mass is 10.1. The van der Waals surface area contributed by atoms with Crippen molar-refractivity contribution in [3.8, 4) is 11.4 Å². The first-order chi connectivity index (χ1) is 8.69. The highest BCUT2D eigenvalue weighted by atomic mass is 35.5. The van der Waals surface area contributed by atoms with Crippen LogP contribution in [0, 0.1) is 0 Å². The molecule has 0 atom stereocenters. The van der Waals surface area contributed by atoms with Crippen LogP contribution in [0.2, 0.25) is 5.15 Å². The summed E-state index contributed by atoms with van der Waals surface area (Å²) in [6.45, 7) is 0.229. The summed E-state index contributed by atoms with van der Waals surface area (Å²) in [5.41, 5.74) is 7.18. The van der Waals surface area contributed by atoms with Gasteiger partial charge in [-0.05, 0) is 12.1 Å². The fourth-order valence-electron chi connectivity index (χ4n) is 1.81. The van der Waals surface area contributed by atoms with Crippen LogP contribution < -0.4 is 5.73 Å². The minimum Gasteiger partial charge on any atom is -0.338 e. The minimum atomic E-state index is 0.229. The molecule has 6 nitrogen and oxygen atoms in total. The zero-order valence-corrected chi connectivity index (χ0v) is 10.3. The summed E-state index contributed by atoms with van der Waals surface area (Å²) < 4.78 is 6.69. The fraction of sp³-hybridized carbons (Fsp3) is 0.182. The van der Waals surface area contributed by atoms with Crippen molar-refractivity contribution in [3.63, 3.8) is 0 Å². The summed E-state index contributed by atoms with van der Waals surface area (Å²) in [6.07, 6.45) is 0. The zero-order chi connectivity index (χ0) is 12.7. The van der Waals surface area contributed by atoms with Gasteiger partial charge in [0, 0.05) is 18.0 Å². The molecule has 3 aromatic rings. The molecule has 0 unspecified atom stereocenters. The van der Waals surface area contributed by atoms with Crippen LogP contribution in [0.15, 0.2) is 22.7 Å². The summed E-state index contributed by atoms with van der Waals surface area (Å²) in [5.74, 6) is 0.919. The van der Waals surface area contributed by atoms with E-state index in [0.29, 0.717) is 16.9 Å². The molecule has 2 N–H and O–H groups in total. The van der Waals surface area contributed by atoms with E-state index in [-0.39, 0.29) is 6.54 Å². The Bertz CT molecular complexity index is 717. The Balaban J connectivity index is 2.15. The van der Waals surface area contributed by atoms with E-state index in [4.69, 9.17) is 21.9 Å². The number of fused-ring (bicyclic) bond motifs is 1. The largest absolute Gasteiger partial charge is 0.338 e. The predicted molar refractivity (Wildman–Crippen MR) is 66.9 cm³/mol. The van der Waals surface area contributed by atoms with E-state index < -0.39 is 0 Å². The van der Waals surface area contributed by atoms with Gasteiger partial charge >= 0.3 is 0 Å². The standard InChI is InChI=1S/C11H10ClN5O/c1-17-8-4-6(2-3-7(8)10(12)15-17)11-14-9(5-13)18-16-11/h2-4H,5,13H2,1H3. The fourth-order valence-corrected chi connectivity index (χ4v) is 2.08. The van der Waals surface area contributed by atoms with Gasteiger partial charge in [-0.15, -0.1) is 0 Å². The number of rotatable bonds is 2. The van der Waals surface area contributed by atoms with Gasteiger partial charge in [-0.3, -0.25) is 4.68 Å². The van der Waals surface area contributed by atoms with Gasteiger partial charge in [0.25, 0.3) is 0 Å². The van der Waals surface area contributed by atoms with Gasteiger partial charge in [0.1, 0.15) is 0 Å². The molecule has 0 saturated carbocycles. The molecule has 2 heterocycles. The summed E-state index contributed by atoms with van der Waals surface area (Å²) >= 11 is 6.00. The van der Waals surface area contributed by atoms with Crippen LogP contribution in [0.5, 0.6) is 0 Å². The van der Waals surface area contributed by atoms with Gasteiger partial charge in [-0.25, -0.2) is 0 Å². The van der Waals surface area contributed by atoms with Crippen molar-refractivity contribution in [2.75, 3.05) is 0 Å². The average molecular weight is 264 g/mol. The lowest BCUT2D eigenvalue weighted by molar-refractivity contribution is 0.380. The van der Waals surface area contributed by atoms with E-state index in [1.54, 1.807) is 4.68 Å². The molecule has 0 spiro atoms. The highest BCUT2D eigenvalue weighted by Gasteiger charge is 2.11. The Morgan fingerprint density at radius 1 is 1.44 bits per heavy atom. The van der Waals surface area contributed by atoms with Gasteiger partial charge in [0.2, 0.25) is 11.7 Å². The molecule has 1 aromatic carbocycles. The quantitative estimate of drug-likeness (QED) is 0.761. The van der Waals surface area contributed by atoms with Gasteiger partial charge < -0.3 is 10.3 Å². The number of hydrogen-bond donors (Lipinski definition) is 1. The molecule has 3 rings (SSSR count). The normalized spacial score (nSPS) is 11.3. The molecule has 0 bridgehead atoms. The first-order valence-corrected chi connectivity index (χ1v) is 5.72. The van der Waals surface area contributed by atoms with E-state index in [9.17, 15) is 0 Å². The number of hydrogen-bond acceptors (Lipinski definition) is 5. The average Bonchev–Trinajstić information content (AvgIpc) is 2.95. The molecular formula is C11H10ClN5O. The van der Waals surface area contributed by atoms with Crippen molar-refractivity contribution in [2.24, 2.45) is 12.8 Å². The van der Waals surface area contributed by atoms with Crippen molar-refractivity contribution in [1.29, 1.82) is 0 Å². The van der Waals surface area contributed by atoms with E-state index >= 15 is 0 Å². The van der Waals surface area contributed by atoms with Crippen LogP contribution in [-0.4, -0.2) is 19.9 Å². The number of nitrogens with zero attached hydrogens (tertiary/aromatic N) is 4. The number of nitrogens with two attached hydrogens (primary N) is 1. The lowest BCUT2D eigenvalue weighted by Gasteiger charge is -1.97. The van der Waals surface area contributed by atoms with E-state index in [0.717, 1.165) is 16.5 Å². The minimum absolute atomic E-state index is 0.229. The molecule has 7 heteroatoms. The molecule has 92 valence electrons. The van der Waals surface area contributed by atoms with E-state index in [1.165, 1.54) is 0 Å². The van der Waals surface area contributed by atoms with Crippen LogP contribution in [0.25, 0.3) is 22.3 Å². The van der Waals surface area contributed by atoms with Crippen LogP contribution in [-0.2, 0) is 13.6 Å². The number of benzene rings is 1. The van der Waals surface area contributed by atoms with Gasteiger partial charge in [0.05, 0.1) is 12.1 Å². The van der Waals surface area contributed by atoms with Crippen LogP contribution >= 0.6 is 11.6 Å². The number of halogens is 1. The monoisotopic (exact) mass is 263 g/mol. The van der Waals surface area contributed by atoms with Gasteiger partial charge in [-0.1, -0.05) is 22.8 Å². The second kappa shape index (κ2) is 4.08. The van der Waals surface area contributed by atoms with Gasteiger partial charge in [-0.2, -0.15) is 10.1 Å². The Labute approximate surface area is 107 Å². The molecule has 18 heavy (non-hydrogen) atoms. The highest BCUT2D eigenvalue weighted by molar-refractivity contribution is 6.34. The van der Waals surface area contributed by atoms with Crippen molar-refractivity contribution in [3.05, 3.63) is 29.2 Å². The first-order valence-electron chi connectivity index (χ1n) is 5.34. The maximum absolute atomic E-state index is 6.00.